The molecule has 1 fully saturated rings. The maximum absolute atomic E-state index is 11.2. The monoisotopic (exact) mass is 202 g/mol. The SMILES string of the molecule is O=C(O)C1(c2cccc3cn[nH]c23)CC1. The maximum Gasteiger partial charge on any atom is 0.314 e. The third-order valence-electron chi connectivity index (χ3n) is 3.15. The van der Waals surface area contributed by atoms with Crippen molar-refractivity contribution >= 4 is 16.9 Å². The number of benzene rings is 1. The van der Waals surface area contributed by atoms with Crippen molar-refractivity contribution in [2.45, 2.75) is 18.3 Å². The van der Waals surface area contributed by atoms with Crippen LogP contribution in [0, 0.1) is 0 Å². The van der Waals surface area contributed by atoms with Crippen molar-refractivity contribution in [1.29, 1.82) is 0 Å². The number of aromatic nitrogens is 2. The number of carboxylic acid groups (broad SMARTS) is 1. The molecule has 0 aliphatic heterocycles. The highest BCUT2D eigenvalue weighted by Gasteiger charge is 2.52. The Morgan fingerprint density at radius 2 is 2.27 bits per heavy atom. The first-order valence-corrected chi connectivity index (χ1v) is 4.90. The summed E-state index contributed by atoms with van der Waals surface area (Å²) in [6.07, 6.45) is 3.16. The van der Waals surface area contributed by atoms with Crippen molar-refractivity contribution < 1.29 is 9.90 Å². The summed E-state index contributed by atoms with van der Waals surface area (Å²) in [5.41, 5.74) is 1.06. The van der Waals surface area contributed by atoms with Crippen LogP contribution in [-0.2, 0) is 10.2 Å². The zero-order chi connectivity index (χ0) is 10.5. The highest BCUT2D eigenvalue weighted by Crippen LogP contribution is 2.50. The van der Waals surface area contributed by atoms with Crippen LogP contribution < -0.4 is 0 Å². The Kier molecular flexibility index (Phi) is 1.46. The second-order valence-corrected chi connectivity index (χ2v) is 4.03. The van der Waals surface area contributed by atoms with Crippen molar-refractivity contribution in [2.75, 3.05) is 0 Å². The standard InChI is InChI=1S/C11H10N2O2/c14-10(15)11(4-5-11)8-3-1-2-7-6-12-13-9(7)8/h1-3,6H,4-5H2,(H,12,13)(H,14,15). The molecule has 3 rings (SSSR count). The van der Waals surface area contributed by atoms with Gasteiger partial charge in [-0.15, -0.1) is 0 Å². The fourth-order valence-corrected chi connectivity index (χ4v) is 2.09. The highest BCUT2D eigenvalue weighted by molar-refractivity contribution is 5.92. The molecule has 0 radical (unpaired) electrons. The quantitative estimate of drug-likeness (QED) is 0.778. The van der Waals surface area contributed by atoms with Crippen molar-refractivity contribution in [1.82, 2.24) is 10.2 Å². The molecule has 2 N–H and O–H groups in total. The zero-order valence-electron chi connectivity index (χ0n) is 8.03. The average molecular weight is 202 g/mol. The van der Waals surface area contributed by atoms with E-state index in [2.05, 4.69) is 10.2 Å². The summed E-state index contributed by atoms with van der Waals surface area (Å²) in [7, 11) is 0. The first kappa shape index (κ1) is 8.47. The van der Waals surface area contributed by atoms with Gasteiger partial charge in [0.2, 0.25) is 0 Å². The number of H-pyrrole nitrogens is 1. The van der Waals surface area contributed by atoms with Gasteiger partial charge in [-0.05, 0) is 18.4 Å². The lowest BCUT2D eigenvalue weighted by Gasteiger charge is -2.10. The van der Waals surface area contributed by atoms with Crippen LogP contribution in [0.3, 0.4) is 0 Å². The molecule has 0 atom stereocenters. The molecule has 1 aliphatic rings. The van der Waals surface area contributed by atoms with Gasteiger partial charge in [0.25, 0.3) is 0 Å². The fraction of sp³-hybridized carbons (Fsp3) is 0.273. The first-order chi connectivity index (χ1) is 7.24. The molecule has 0 amide bonds. The Hall–Kier alpha value is -1.84. The van der Waals surface area contributed by atoms with Gasteiger partial charge in [-0.3, -0.25) is 9.89 Å². The largest absolute Gasteiger partial charge is 0.481 e. The van der Waals surface area contributed by atoms with E-state index in [1.54, 1.807) is 6.20 Å². The summed E-state index contributed by atoms with van der Waals surface area (Å²) in [6.45, 7) is 0. The van der Waals surface area contributed by atoms with Gasteiger partial charge in [0.15, 0.2) is 0 Å². The number of hydrogen-bond donors (Lipinski definition) is 2. The van der Waals surface area contributed by atoms with Crippen molar-refractivity contribution in [3.05, 3.63) is 30.0 Å². The third kappa shape index (κ3) is 1.02. The summed E-state index contributed by atoms with van der Waals surface area (Å²) < 4.78 is 0. The number of nitrogens with zero attached hydrogens (tertiary/aromatic N) is 1. The van der Waals surface area contributed by atoms with Crippen molar-refractivity contribution in [3.8, 4) is 0 Å². The molecular formula is C11H10N2O2. The van der Waals surface area contributed by atoms with Crippen molar-refractivity contribution in [2.24, 2.45) is 0 Å². The van der Waals surface area contributed by atoms with Crippen LogP contribution in [0.25, 0.3) is 10.9 Å². The maximum atomic E-state index is 11.2. The molecular weight excluding hydrogens is 192 g/mol. The topological polar surface area (TPSA) is 66.0 Å². The zero-order valence-corrected chi connectivity index (χ0v) is 8.03. The molecule has 1 heterocycles. The summed E-state index contributed by atoms with van der Waals surface area (Å²) in [5, 5.41) is 17.0. The Bertz CT molecular complexity index is 540. The van der Waals surface area contributed by atoms with Gasteiger partial charge < -0.3 is 5.11 Å². The van der Waals surface area contributed by atoms with E-state index in [1.165, 1.54) is 0 Å². The minimum absolute atomic E-state index is 0.661. The average Bonchev–Trinajstić information content (AvgIpc) is 2.89. The molecule has 1 aliphatic carbocycles. The van der Waals surface area contributed by atoms with Crippen molar-refractivity contribution in [3.63, 3.8) is 0 Å². The first-order valence-electron chi connectivity index (χ1n) is 4.90. The number of para-hydroxylation sites is 1. The number of aromatic amines is 1. The van der Waals surface area contributed by atoms with Crippen LogP contribution in [0.4, 0.5) is 0 Å². The van der Waals surface area contributed by atoms with Gasteiger partial charge in [0, 0.05) is 5.39 Å². The van der Waals surface area contributed by atoms with E-state index in [-0.39, 0.29) is 0 Å². The van der Waals surface area contributed by atoms with Gasteiger partial charge >= 0.3 is 5.97 Å². The molecule has 2 aromatic rings. The van der Waals surface area contributed by atoms with Gasteiger partial charge in [0.1, 0.15) is 0 Å². The van der Waals surface area contributed by atoms with Gasteiger partial charge in [0.05, 0.1) is 17.1 Å². The van der Waals surface area contributed by atoms with Crippen LogP contribution in [-0.4, -0.2) is 21.3 Å². The summed E-state index contributed by atoms with van der Waals surface area (Å²) in [5.74, 6) is -0.732. The van der Waals surface area contributed by atoms with Gasteiger partial charge in [-0.1, -0.05) is 18.2 Å². The third-order valence-corrected chi connectivity index (χ3v) is 3.15. The van der Waals surface area contributed by atoms with Crippen LogP contribution in [0.5, 0.6) is 0 Å². The summed E-state index contributed by atoms with van der Waals surface area (Å²) >= 11 is 0. The number of nitrogens with one attached hydrogen (secondary N) is 1. The molecule has 4 heteroatoms. The van der Waals surface area contributed by atoms with Gasteiger partial charge in [-0.25, -0.2) is 0 Å². The molecule has 4 nitrogen and oxygen atoms in total. The van der Waals surface area contributed by atoms with E-state index in [9.17, 15) is 9.90 Å². The lowest BCUT2D eigenvalue weighted by atomic mass is 9.94. The Labute approximate surface area is 85.9 Å². The fourth-order valence-electron chi connectivity index (χ4n) is 2.09. The highest BCUT2D eigenvalue weighted by atomic mass is 16.4. The number of rotatable bonds is 2. The van der Waals surface area contributed by atoms with E-state index in [4.69, 9.17) is 0 Å². The molecule has 0 bridgehead atoms. The van der Waals surface area contributed by atoms with Crippen LogP contribution in [0.15, 0.2) is 24.4 Å². The van der Waals surface area contributed by atoms with Gasteiger partial charge in [-0.2, -0.15) is 5.10 Å². The predicted molar refractivity (Wildman–Crippen MR) is 54.6 cm³/mol. The molecule has 0 unspecified atom stereocenters. The number of carboxylic acids is 1. The van der Waals surface area contributed by atoms with E-state index in [0.717, 1.165) is 29.3 Å². The molecule has 1 saturated carbocycles. The number of hydrogen-bond acceptors (Lipinski definition) is 2. The van der Waals surface area contributed by atoms with E-state index in [0.29, 0.717) is 0 Å². The Morgan fingerprint density at radius 3 is 2.93 bits per heavy atom. The van der Waals surface area contributed by atoms with E-state index < -0.39 is 11.4 Å². The Balaban J connectivity index is 2.27. The predicted octanol–water partition coefficient (Wildman–Crippen LogP) is 1.68. The second-order valence-electron chi connectivity index (χ2n) is 4.03. The summed E-state index contributed by atoms with van der Waals surface area (Å²) in [4.78, 5) is 11.2. The lowest BCUT2D eigenvalue weighted by Crippen LogP contribution is -2.19. The molecule has 1 aromatic heterocycles. The van der Waals surface area contributed by atoms with E-state index in [1.807, 2.05) is 18.2 Å². The normalized spacial score (nSPS) is 17.9. The van der Waals surface area contributed by atoms with Crippen LogP contribution in [0.1, 0.15) is 18.4 Å². The lowest BCUT2D eigenvalue weighted by molar-refractivity contribution is -0.140. The summed E-state index contributed by atoms with van der Waals surface area (Å²) in [6, 6.07) is 5.69. The number of aliphatic carboxylic acids is 1. The number of fused-ring (bicyclic) bond motifs is 1. The minimum Gasteiger partial charge on any atom is -0.481 e. The smallest absolute Gasteiger partial charge is 0.314 e. The molecule has 0 spiro atoms. The molecule has 0 saturated heterocycles. The number of carbonyl (C=O) groups is 1. The Morgan fingerprint density at radius 1 is 1.47 bits per heavy atom. The molecule has 1 aromatic carbocycles. The molecule has 76 valence electrons. The van der Waals surface area contributed by atoms with Crippen LogP contribution in [0.2, 0.25) is 0 Å². The second kappa shape index (κ2) is 2.59. The van der Waals surface area contributed by atoms with Crippen LogP contribution >= 0.6 is 0 Å². The van der Waals surface area contributed by atoms with E-state index >= 15 is 0 Å². The molecule has 15 heavy (non-hydrogen) atoms. The minimum atomic E-state index is -0.732.